The van der Waals surface area contributed by atoms with Crippen molar-refractivity contribution in [1.29, 1.82) is 0 Å². The molecule has 156 valence electrons. The van der Waals surface area contributed by atoms with E-state index in [1.165, 1.54) is 23.9 Å². The van der Waals surface area contributed by atoms with Crippen molar-refractivity contribution >= 4 is 50.7 Å². The van der Waals surface area contributed by atoms with E-state index >= 15 is 0 Å². The van der Waals surface area contributed by atoms with Crippen LogP contribution in [0.2, 0.25) is 0 Å². The molecule has 8 heteroatoms. The number of rotatable bonds is 4. The maximum atomic E-state index is 13.1. The van der Waals surface area contributed by atoms with Gasteiger partial charge in [-0.15, -0.1) is 0 Å². The number of hydrogen-bond acceptors (Lipinski definition) is 5. The number of carbonyl (C=O) groups excluding carboxylic acids is 1. The Morgan fingerprint density at radius 3 is 2.73 bits per heavy atom. The predicted octanol–water partition coefficient (Wildman–Crippen LogP) is 4.73. The number of nitrogens with zero attached hydrogens (tertiary/aromatic N) is 4. The molecule has 1 fully saturated rings. The predicted molar refractivity (Wildman–Crippen MR) is 122 cm³/mol. The van der Waals surface area contributed by atoms with Crippen LogP contribution in [0.4, 0.5) is 4.39 Å². The van der Waals surface area contributed by atoms with Gasteiger partial charge in [-0.2, -0.15) is 8.75 Å². The fourth-order valence-corrected chi connectivity index (χ4v) is 4.99. The zero-order valence-electron chi connectivity index (χ0n) is 16.8. The maximum absolute atomic E-state index is 13.1. The van der Waals surface area contributed by atoms with Crippen molar-refractivity contribution in [1.82, 2.24) is 18.5 Å². The molecule has 0 aliphatic carbocycles. The lowest BCUT2D eigenvalue weighted by molar-refractivity contribution is -0.131. The minimum atomic E-state index is -0.223. The lowest BCUT2D eigenvalue weighted by Crippen LogP contribution is -2.57. The van der Waals surface area contributed by atoms with E-state index in [0.717, 1.165) is 39.7 Å². The number of benzene rings is 2. The second-order valence-electron chi connectivity index (χ2n) is 7.71. The zero-order valence-corrected chi connectivity index (χ0v) is 19.2. The second kappa shape index (κ2) is 8.91. The molecule has 30 heavy (non-hydrogen) atoms. The van der Waals surface area contributed by atoms with Crippen LogP contribution < -0.4 is 0 Å². The Morgan fingerprint density at radius 2 is 1.97 bits per heavy atom. The van der Waals surface area contributed by atoms with E-state index in [0.29, 0.717) is 6.54 Å². The van der Waals surface area contributed by atoms with Crippen molar-refractivity contribution in [3.63, 3.8) is 0 Å². The molecule has 5 nitrogen and oxygen atoms in total. The van der Waals surface area contributed by atoms with E-state index in [9.17, 15) is 9.18 Å². The third-order valence-electron chi connectivity index (χ3n) is 5.45. The average Bonchev–Trinajstić information content (AvgIpc) is 3.19. The fourth-order valence-electron chi connectivity index (χ4n) is 3.78. The molecule has 2 unspecified atom stereocenters. The van der Waals surface area contributed by atoms with Crippen molar-refractivity contribution in [3.8, 4) is 0 Å². The van der Waals surface area contributed by atoms with E-state index in [4.69, 9.17) is 0 Å². The molecule has 2 aromatic carbocycles. The van der Waals surface area contributed by atoms with Crippen molar-refractivity contribution in [3.05, 3.63) is 63.9 Å². The third-order valence-corrected chi connectivity index (χ3v) is 6.60. The van der Waals surface area contributed by atoms with Gasteiger partial charge in [0.25, 0.3) is 0 Å². The SMILES string of the molecule is CC1CN(C(=O)C=Cc2cc(Br)c3nsnc3c2)C(C)CN1Cc1ccc(F)cc1. The van der Waals surface area contributed by atoms with Crippen LogP contribution in [-0.2, 0) is 11.3 Å². The standard InChI is InChI=1S/C22H22BrFN4OS/c1-14-12-28(15(2)11-27(14)13-16-3-6-18(24)7-4-16)21(29)8-5-17-9-19(23)22-20(10-17)25-30-26-22/h3-10,14-15H,11-13H2,1-2H3. The fraction of sp³-hybridized carbons (Fsp3) is 0.318. The van der Waals surface area contributed by atoms with Gasteiger partial charge < -0.3 is 4.90 Å². The summed E-state index contributed by atoms with van der Waals surface area (Å²) in [4.78, 5) is 17.1. The number of carbonyl (C=O) groups is 1. The summed E-state index contributed by atoms with van der Waals surface area (Å²) in [7, 11) is 0. The zero-order chi connectivity index (χ0) is 21.3. The number of hydrogen-bond donors (Lipinski definition) is 0. The van der Waals surface area contributed by atoms with Crippen LogP contribution in [0.3, 0.4) is 0 Å². The van der Waals surface area contributed by atoms with Gasteiger partial charge in [0.15, 0.2) is 0 Å². The van der Waals surface area contributed by atoms with Crippen LogP contribution in [0.1, 0.15) is 25.0 Å². The lowest BCUT2D eigenvalue weighted by Gasteiger charge is -2.44. The van der Waals surface area contributed by atoms with Gasteiger partial charge in [0.05, 0.1) is 11.7 Å². The molecular formula is C22H22BrFN4OS. The van der Waals surface area contributed by atoms with Crippen molar-refractivity contribution in [2.24, 2.45) is 0 Å². The van der Waals surface area contributed by atoms with Gasteiger partial charge in [-0.05, 0) is 71.2 Å². The maximum Gasteiger partial charge on any atom is 0.246 e. The first-order valence-corrected chi connectivity index (χ1v) is 11.3. The first kappa shape index (κ1) is 21.1. The van der Waals surface area contributed by atoms with Crippen molar-refractivity contribution in [2.45, 2.75) is 32.5 Å². The van der Waals surface area contributed by atoms with Gasteiger partial charge in [-0.25, -0.2) is 4.39 Å². The molecule has 1 amide bonds. The Bertz CT molecular complexity index is 1080. The van der Waals surface area contributed by atoms with Gasteiger partial charge in [-0.1, -0.05) is 12.1 Å². The Morgan fingerprint density at radius 1 is 1.20 bits per heavy atom. The summed E-state index contributed by atoms with van der Waals surface area (Å²) in [6.07, 6.45) is 3.46. The number of fused-ring (bicyclic) bond motifs is 1. The summed E-state index contributed by atoms with van der Waals surface area (Å²) in [5.41, 5.74) is 3.64. The van der Waals surface area contributed by atoms with Gasteiger partial charge in [0.2, 0.25) is 5.91 Å². The number of amides is 1. The normalized spacial score (nSPS) is 20.3. The highest BCUT2D eigenvalue weighted by Gasteiger charge is 2.31. The molecule has 2 heterocycles. The minimum Gasteiger partial charge on any atom is -0.334 e. The number of aromatic nitrogens is 2. The summed E-state index contributed by atoms with van der Waals surface area (Å²) in [5, 5.41) is 0. The van der Waals surface area contributed by atoms with E-state index in [-0.39, 0.29) is 23.8 Å². The van der Waals surface area contributed by atoms with Crippen molar-refractivity contribution < 1.29 is 9.18 Å². The molecule has 2 atom stereocenters. The Hall–Kier alpha value is -2.16. The summed E-state index contributed by atoms with van der Waals surface area (Å²) >= 11 is 4.69. The van der Waals surface area contributed by atoms with Crippen LogP contribution in [0.15, 0.2) is 46.9 Å². The molecule has 1 aromatic heterocycles. The van der Waals surface area contributed by atoms with Crippen molar-refractivity contribution in [2.75, 3.05) is 13.1 Å². The van der Waals surface area contributed by atoms with Crippen LogP contribution in [0.5, 0.6) is 0 Å². The first-order valence-electron chi connectivity index (χ1n) is 9.79. The molecule has 1 saturated heterocycles. The molecule has 0 radical (unpaired) electrons. The summed E-state index contributed by atoms with van der Waals surface area (Å²) in [6, 6.07) is 10.8. The first-order chi connectivity index (χ1) is 14.4. The van der Waals surface area contributed by atoms with Crippen LogP contribution in [-0.4, -0.2) is 49.6 Å². The van der Waals surface area contributed by atoms with Crippen LogP contribution in [0, 0.1) is 5.82 Å². The van der Waals surface area contributed by atoms with Gasteiger partial charge >= 0.3 is 0 Å². The van der Waals surface area contributed by atoms with E-state index < -0.39 is 0 Å². The number of piperazine rings is 1. The smallest absolute Gasteiger partial charge is 0.246 e. The van der Waals surface area contributed by atoms with E-state index in [1.54, 1.807) is 6.08 Å². The highest BCUT2D eigenvalue weighted by atomic mass is 79.9. The highest BCUT2D eigenvalue weighted by Crippen LogP contribution is 2.25. The summed E-state index contributed by atoms with van der Waals surface area (Å²) in [5.74, 6) is -0.219. The molecule has 0 saturated carbocycles. The number of halogens is 2. The molecule has 1 aliphatic heterocycles. The van der Waals surface area contributed by atoms with E-state index in [1.807, 2.05) is 35.2 Å². The highest BCUT2D eigenvalue weighted by molar-refractivity contribution is 9.10. The van der Waals surface area contributed by atoms with Gasteiger partial charge in [0.1, 0.15) is 16.9 Å². The monoisotopic (exact) mass is 488 g/mol. The lowest BCUT2D eigenvalue weighted by atomic mass is 10.1. The molecule has 0 N–H and O–H groups in total. The van der Waals surface area contributed by atoms with E-state index in [2.05, 4.69) is 43.4 Å². The molecule has 0 spiro atoms. The summed E-state index contributed by atoms with van der Waals surface area (Å²) in [6.45, 7) is 6.38. The Kier molecular flexibility index (Phi) is 6.26. The Balaban J connectivity index is 1.42. The average molecular weight is 489 g/mol. The van der Waals surface area contributed by atoms with Gasteiger partial charge in [0, 0.05) is 42.3 Å². The molecule has 4 rings (SSSR count). The molecular weight excluding hydrogens is 467 g/mol. The Labute approximate surface area is 187 Å². The minimum absolute atomic E-state index is 0.00315. The topological polar surface area (TPSA) is 49.3 Å². The molecule has 1 aliphatic rings. The summed E-state index contributed by atoms with van der Waals surface area (Å²) < 4.78 is 22.5. The molecule has 0 bridgehead atoms. The van der Waals surface area contributed by atoms with Crippen LogP contribution >= 0.6 is 27.7 Å². The van der Waals surface area contributed by atoms with Gasteiger partial charge in [-0.3, -0.25) is 9.69 Å². The largest absolute Gasteiger partial charge is 0.334 e. The second-order valence-corrected chi connectivity index (χ2v) is 9.10. The molecule has 3 aromatic rings. The van der Waals surface area contributed by atoms with Crippen LogP contribution in [0.25, 0.3) is 17.1 Å². The third kappa shape index (κ3) is 4.61. The quantitative estimate of drug-likeness (QED) is 0.498.